The molecule has 1 heterocycles. The predicted molar refractivity (Wildman–Crippen MR) is 113 cm³/mol. The third-order valence-electron chi connectivity index (χ3n) is 4.03. The van der Waals surface area contributed by atoms with Crippen LogP contribution < -0.4 is 9.47 Å². The number of halogens is 1. The van der Waals surface area contributed by atoms with Gasteiger partial charge >= 0.3 is 0 Å². The molecule has 0 spiro atoms. The maximum absolute atomic E-state index is 6.04. The van der Waals surface area contributed by atoms with Gasteiger partial charge in [-0.15, -0.1) is 0 Å². The molecule has 0 fully saturated rings. The van der Waals surface area contributed by atoms with Crippen LogP contribution in [0, 0.1) is 4.77 Å². The van der Waals surface area contributed by atoms with E-state index in [4.69, 9.17) is 33.3 Å². The zero-order chi connectivity index (χ0) is 19.9. The van der Waals surface area contributed by atoms with Crippen molar-refractivity contribution in [1.82, 2.24) is 14.9 Å². The molecule has 0 radical (unpaired) electrons. The Hall–Kier alpha value is -2.64. The molecule has 1 aromatic heterocycles. The van der Waals surface area contributed by atoms with Gasteiger partial charge in [0.05, 0.1) is 13.3 Å². The first-order chi connectivity index (χ1) is 13.6. The topological polar surface area (TPSA) is 64.4 Å². The molecule has 0 aliphatic heterocycles. The Morgan fingerprint density at radius 1 is 1.25 bits per heavy atom. The molecule has 0 unspecified atom stereocenters. The fraction of sp³-hybridized carbons (Fsp3) is 0.250. The number of H-pyrrole nitrogens is 1. The summed E-state index contributed by atoms with van der Waals surface area (Å²) in [7, 11) is 1.61. The second-order valence-corrected chi connectivity index (χ2v) is 6.87. The molecule has 1 N–H and O–H groups in total. The van der Waals surface area contributed by atoms with Crippen molar-refractivity contribution in [2.24, 2.45) is 5.10 Å². The predicted octanol–water partition coefficient (Wildman–Crippen LogP) is 5.02. The smallest absolute Gasteiger partial charge is 0.216 e. The Kier molecular flexibility index (Phi) is 6.84. The van der Waals surface area contributed by atoms with Gasteiger partial charge < -0.3 is 9.47 Å². The minimum Gasteiger partial charge on any atom is -0.493 e. The van der Waals surface area contributed by atoms with Crippen LogP contribution in [0.5, 0.6) is 11.5 Å². The summed E-state index contributed by atoms with van der Waals surface area (Å²) in [5, 5.41) is 12.2. The highest BCUT2D eigenvalue weighted by Crippen LogP contribution is 2.31. The van der Waals surface area contributed by atoms with Crippen molar-refractivity contribution in [3.8, 4) is 11.5 Å². The van der Waals surface area contributed by atoms with Crippen LogP contribution in [0.1, 0.15) is 30.3 Å². The highest BCUT2D eigenvalue weighted by Gasteiger charge is 2.11. The average molecular weight is 417 g/mol. The molecule has 0 aliphatic carbocycles. The van der Waals surface area contributed by atoms with Gasteiger partial charge in [0.2, 0.25) is 4.77 Å². The number of benzene rings is 2. The highest BCUT2D eigenvalue weighted by molar-refractivity contribution is 7.71. The van der Waals surface area contributed by atoms with Gasteiger partial charge in [0.25, 0.3) is 0 Å². The van der Waals surface area contributed by atoms with E-state index >= 15 is 0 Å². The Balaban J connectivity index is 1.88. The minimum atomic E-state index is 0.380. The average Bonchev–Trinajstić information content (AvgIpc) is 3.05. The number of aryl methyl sites for hydroxylation is 1. The van der Waals surface area contributed by atoms with Crippen LogP contribution in [0.25, 0.3) is 0 Å². The van der Waals surface area contributed by atoms with Crippen LogP contribution >= 0.6 is 23.8 Å². The number of hydrogen-bond acceptors (Lipinski definition) is 5. The quantitative estimate of drug-likeness (QED) is 0.413. The standard InChI is InChI=1S/C20H21ClN4O2S/c1-3-5-18-23-24-20(28)25(18)22-12-15-6-4-7-17(26-2)19(15)27-13-14-8-10-16(21)11-9-14/h4,6-12H,3,5,13H2,1-2H3,(H,24,28)/b22-12+. The number of ether oxygens (including phenoxy) is 2. The number of nitrogens with one attached hydrogen (secondary N) is 1. The fourth-order valence-corrected chi connectivity index (χ4v) is 2.96. The van der Waals surface area contributed by atoms with E-state index in [1.807, 2.05) is 42.5 Å². The van der Waals surface area contributed by atoms with Crippen molar-refractivity contribution in [3.05, 3.63) is 69.2 Å². The zero-order valence-electron chi connectivity index (χ0n) is 15.7. The molecule has 8 heteroatoms. The van der Waals surface area contributed by atoms with Gasteiger partial charge in [0, 0.05) is 17.0 Å². The molecule has 0 saturated carbocycles. The summed E-state index contributed by atoms with van der Waals surface area (Å²) in [6, 6.07) is 13.2. The lowest BCUT2D eigenvalue weighted by molar-refractivity contribution is 0.284. The van der Waals surface area contributed by atoms with E-state index in [1.54, 1.807) is 18.0 Å². The van der Waals surface area contributed by atoms with Crippen molar-refractivity contribution < 1.29 is 9.47 Å². The summed E-state index contributed by atoms with van der Waals surface area (Å²) in [6.45, 7) is 2.46. The number of nitrogens with zero attached hydrogens (tertiary/aromatic N) is 3. The van der Waals surface area contributed by atoms with Gasteiger partial charge in [-0.2, -0.15) is 14.9 Å². The van der Waals surface area contributed by atoms with Gasteiger partial charge in [-0.3, -0.25) is 5.10 Å². The zero-order valence-corrected chi connectivity index (χ0v) is 17.3. The molecule has 0 atom stereocenters. The SMILES string of the molecule is CCCc1n[nH]c(=S)n1/N=C/c1cccc(OC)c1OCc1ccc(Cl)cc1. The van der Waals surface area contributed by atoms with E-state index in [0.717, 1.165) is 29.8 Å². The first kappa shape index (κ1) is 20.1. The van der Waals surface area contributed by atoms with Gasteiger partial charge in [-0.1, -0.05) is 36.7 Å². The molecular formula is C20H21ClN4O2S. The summed E-state index contributed by atoms with van der Waals surface area (Å²) in [6.07, 6.45) is 3.43. The number of aromatic amines is 1. The van der Waals surface area contributed by atoms with E-state index in [2.05, 4.69) is 22.2 Å². The van der Waals surface area contributed by atoms with Gasteiger partial charge in [-0.25, -0.2) is 0 Å². The molecular weight excluding hydrogens is 396 g/mol. The molecule has 3 aromatic rings. The third-order valence-corrected chi connectivity index (χ3v) is 4.55. The normalized spacial score (nSPS) is 11.1. The Morgan fingerprint density at radius 2 is 2.04 bits per heavy atom. The first-order valence-electron chi connectivity index (χ1n) is 8.87. The lowest BCUT2D eigenvalue weighted by Crippen LogP contribution is -2.02. The molecule has 0 aliphatic rings. The minimum absolute atomic E-state index is 0.380. The van der Waals surface area contributed by atoms with Crippen LogP contribution in [0.3, 0.4) is 0 Å². The van der Waals surface area contributed by atoms with E-state index in [1.165, 1.54) is 0 Å². The largest absolute Gasteiger partial charge is 0.493 e. The first-order valence-corrected chi connectivity index (χ1v) is 9.66. The van der Waals surface area contributed by atoms with Gasteiger partial charge in [-0.05, 0) is 48.5 Å². The summed E-state index contributed by atoms with van der Waals surface area (Å²) >= 11 is 11.2. The monoisotopic (exact) mass is 416 g/mol. The van der Waals surface area contributed by atoms with Crippen molar-refractivity contribution in [1.29, 1.82) is 0 Å². The fourth-order valence-electron chi connectivity index (χ4n) is 2.63. The lowest BCUT2D eigenvalue weighted by Gasteiger charge is -2.13. The van der Waals surface area contributed by atoms with Crippen LogP contribution in [0.4, 0.5) is 0 Å². The second kappa shape index (κ2) is 9.52. The summed E-state index contributed by atoms with van der Waals surface area (Å²) in [5.74, 6) is 2.02. The molecule has 3 rings (SSSR count). The Morgan fingerprint density at radius 3 is 2.75 bits per heavy atom. The molecule has 146 valence electrons. The van der Waals surface area contributed by atoms with Crippen LogP contribution in [-0.2, 0) is 13.0 Å². The van der Waals surface area contributed by atoms with E-state index < -0.39 is 0 Å². The number of methoxy groups -OCH3 is 1. The molecule has 0 amide bonds. The third kappa shape index (κ3) is 4.79. The van der Waals surface area contributed by atoms with E-state index in [0.29, 0.717) is 27.9 Å². The summed E-state index contributed by atoms with van der Waals surface area (Å²) < 4.78 is 13.6. The molecule has 28 heavy (non-hydrogen) atoms. The number of para-hydroxylation sites is 1. The van der Waals surface area contributed by atoms with Gasteiger partial charge in [0.1, 0.15) is 6.61 Å². The van der Waals surface area contributed by atoms with Crippen LogP contribution in [-0.4, -0.2) is 28.2 Å². The summed E-state index contributed by atoms with van der Waals surface area (Å²) in [5.41, 5.74) is 1.78. The van der Waals surface area contributed by atoms with Crippen LogP contribution in [0.15, 0.2) is 47.6 Å². The maximum atomic E-state index is 6.04. The van der Waals surface area contributed by atoms with Crippen molar-refractivity contribution in [3.63, 3.8) is 0 Å². The highest BCUT2D eigenvalue weighted by atomic mass is 35.5. The Bertz CT molecular complexity index is 1010. The molecule has 0 saturated heterocycles. The van der Waals surface area contributed by atoms with Crippen LogP contribution in [0.2, 0.25) is 5.02 Å². The second-order valence-electron chi connectivity index (χ2n) is 6.05. The molecule has 6 nitrogen and oxygen atoms in total. The van der Waals surface area contributed by atoms with Crippen molar-refractivity contribution in [2.75, 3.05) is 7.11 Å². The van der Waals surface area contributed by atoms with Crippen molar-refractivity contribution in [2.45, 2.75) is 26.4 Å². The lowest BCUT2D eigenvalue weighted by atomic mass is 10.2. The van der Waals surface area contributed by atoms with E-state index in [-0.39, 0.29) is 0 Å². The number of hydrogen-bond donors (Lipinski definition) is 1. The molecule has 2 aromatic carbocycles. The summed E-state index contributed by atoms with van der Waals surface area (Å²) in [4.78, 5) is 0. The number of aromatic nitrogens is 3. The number of rotatable bonds is 8. The van der Waals surface area contributed by atoms with Crippen molar-refractivity contribution >= 4 is 30.0 Å². The maximum Gasteiger partial charge on any atom is 0.216 e. The van der Waals surface area contributed by atoms with E-state index in [9.17, 15) is 0 Å². The Labute approximate surface area is 173 Å². The van der Waals surface area contributed by atoms with Gasteiger partial charge in [0.15, 0.2) is 17.3 Å². The molecule has 0 bridgehead atoms.